The predicted molar refractivity (Wildman–Crippen MR) is 105 cm³/mol. The summed E-state index contributed by atoms with van der Waals surface area (Å²) in [5.41, 5.74) is 1.88. The van der Waals surface area contributed by atoms with E-state index in [-0.39, 0.29) is 17.0 Å². The number of fused-ring (bicyclic) bond motifs is 3. The van der Waals surface area contributed by atoms with Crippen LogP contribution in [0.1, 0.15) is 39.3 Å². The molecule has 1 amide bonds. The molecular weight excluding hydrogens is 366 g/mol. The van der Waals surface area contributed by atoms with Crippen LogP contribution >= 0.6 is 23.1 Å². The third-order valence-corrected chi connectivity index (χ3v) is 6.56. The molecule has 0 radical (unpaired) electrons. The Balaban J connectivity index is 1.58. The summed E-state index contributed by atoms with van der Waals surface area (Å²) in [6.07, 6.45) is 7.54. The SMILES string of the molecule is CSc1ccc(CNC(=O)c2cnc3sc4c(n3c2=O)CCCC4)cc1. The van der Waals surface area contributed by atoms with Gasteiger partial charge in [-0.3, -0.25) is 14.0 Å². The van der Waals surface area contributed by atoms with Gasteiger partial charge in [0, 0.05) is 28.2 Å². The number of hydrogen-bond donors (Lipinski definition) is 1. The van der Waals surface area contributed by atoms with E-state index in [0.29, 0.717) is 11.5 Å². The fourth-order valence-electron chi connectivity index (χ4n) is 3.25. The van der Waals surface area contributed by atoms with E-state index in [0.717, 1.165) is 36.9 Å². The molecule has 3 aromatic rings. The highest BCUT2D eigenvalue weighted by Crippen LogP contribution is 2.28. The normalized spacial score (nSPS) is 13.6. The molecule has 26 heavy (non-hydrogen) atoms. The van der Waals surface area contributed by atoms with Gasteiger partial charge in [0.25, 0.3) is 11.5 Å². The summed E-state index contributed by atoms with van der Waals surface area (Å²) in [4.78, 5) is 32.8. The minimum Gasteiger partial charge on any atom is -0.348 e. The molecule has 0 spiro atoms. The monoisotopic (exact) mass is 385 g/mol. The van der Waals surface area contributed by atoms with Gasteiger partial charge in [0.15, 0.2) is 4.96 Å². The Morgan fingerprint density at radius 2 is 2.04 bits per heavy atom. The molecule has 2 aromatic heterocycles. The number of carbonyl (C=O) groups excluding carboxylic acids is 1. The molecule has 1 aromatic carbocycles. The van der Waals surface area contributed by atoms with E-state index in [1.54, 1.807) is 27.5 Å². The topological polar surface area (TPSA) is 63.5 Å². The average molecular weight is 386 g/mol. The fraction of sp³-hybridized carbons (Fsp3) is 0.316. The first kappa shape index (κ1) is 17.3. The van der Waals surface area contributed by atoms with E-state index in [9.17, 15) is 9.59 Å². The second-order valence-electron chi connectivity index (χ2n) is 6.30. The van der Waals surface area contributed by atoms with E-state index in [2.05, 4.69) is 10.3 Å². The molecule has 5 nitrogen and oxygen atoms in total. The molecular formula is C19H19N3O2S2. The van der Waals surface area contributed by atoms with Crippen molar-refractivity contribution >= 4 is 34.0 Å². The lowest BCUT2D eigenvalue weighted by atomic mass is 10.0. The summed E-state index contributed by atoms with van der Waals surface area (Å²) < 4.78 is 1.64. The molecule has 0 unspecified atom stereocenters. The molecule has 0 atom stereocenters. The summed E-state index contributed by atoms with van der Waals surface area (Å²) in [6.45, 7) is 0.386. The van der Waals surface area contributed by atoms with Crippen LogP contribution in [0.3, 0.4) is 0 Å². The van der Waals surface area contributed by atoms with Crippen molar-refractivity contribution in [2.24, 2.45) is 0 Å². The lowest BCUT2D eigenvalue weighted by Gasteiger charge is -2.10. The number of aryl methyl sites for hydroxylation is 2. The standard InChI is InChI=1S/C19H19N3O2S2/c1-25-13-8-6-12(7-9-13)10-20-17(23)14-11-21-19-22(18(14)24)15-4-2-3-5-16(15)26-19/h6-9,11H,2-5,10H2,1H3,(H,20,23). The van der Waals surface area contributed by atoms with Gasteiger partial charge in [-0.2, -0.15) is 0 Å². The van der Waals surface area contributed by atoms with Crippen molar-refractivity contribution in [3.8, 4) is 0 Å². The number of hydrogen-bond acceptors (Lipinski definition) is 5. The van der Waals surface area contributed by atoms with Crippen LogP contribution in [0.15, 0.2) is 40.2 Å². The number of benzene rings is 1. The van der Waals surface area contributed by atoms with E-state index < -0.39 is 0 Å². The highest BCUT2D eigenvalue weighted by atomic mass is 32.2. The number of rotatable bonds is 4. The number of carbonyl (C=O) groups is 1. The van der Waals surface area contributed by atoms with Gasteiger partial charge >= 0.3 is 0 Å². The van der Waals surface area contributed by atoms with Gasteiger partial charge in [-0.25, -0.2) is 4.98 Å². The smallest absolute Gasteiger partial charge is 0.271 e. The fourth-order valence-corrected chi connectivity index (χ4v) is 4.82. The van der Waals surface area contributed by atoms with Gasteiger partial charge in [-0.1, -0.05) is 12.1 Å². The van der Waals surface area contributed by atoms with Gasteiger partial charge < -0.3 is 5.32 Å². The Bertz CT molecular complexity index is 1020. The zero-order chi connectivity index (χ0) is 18.1. The Labute approximate surface area is 159 Å². The first-order valence-electron chi connectivity index (χ1n) is 8.61. The van der Waals surface area contributed by atoms with Gasteiger partial charge in [0.05, 0.1) is 0 Å². The van der Waals surface area contributed by atoms with Crippen molar-refractivity contribution in [3.05, 3.63) is 62.5 Å². The van der Waals surface area contributed by atoms with E-state index in [1.807, 2.05) is 30.5 Å². The second kappa shape index (κ2) is 7.25. The van der Waals surface area contributed by atoms with Crippen LogP contribution in [0.5, 0.6) is 0 Å². The molecule has 1 aliphatic rings. The first-order chi connectivity index (χ1) is 12.7. The maximum absolute atomic E-state index is 12.9. The van der Waals surface area contributed by atoms with Gasteiger partial charge in [0.2, 0.25) is 0 Å². The van der Waals surface area contributed by atoms with Crippen molar-refractivity contribution < 1.29 is 4.79 Å². The van der Waals surface area contributed by atoms with Crippen molar-refractivity contribution in [2.45, 2.75) is 37.1 Å². The third kappa shape index (κ3) is 3.17. The number of thioether (sulfide) groups is 1. The Morgan fingerprint density at radius 1 is 1.27 bits per heavy atom. The van der Waals surface area contributed by atoms with Gasteiger partial charge in [-0.15, -0.1) is 23.1 Å². The zero-order valence-corrected chi connectivity index (χ0v) is 16.1. The van der Waals surface area contributed by atoms with Crippen molar-refractivity contribution in [2.75, 3.05) is 6.26 Å². The van der Waals surface area contributed by atoms with Crippen LogP contribution in [-0.4, -0.2) is 21.5 Å². The summed E-state index contributed by atoms with van der Waals surface area (Å²) >= 11 is 3.24. The Kier molecular flexibility index (Phi) is 4.82. The van der Waals surface area contributed by atoms with E-state index in [1.165, 1.54) is 16.0 Å². The van der Waals surface area contributed by atoms with Gasteiger partial charge in [0.1, 0.15) is 5.56 Å². The molecule has 0 aliphatic heterocycles. The van der Waals surface area contributed by atoms with E-state index in [4.69, 9.17) is 0 Å². The lowest BCUT2D eigenvalue weighted by Crippen LogP contribution is -2.31. The zero-order valence-electron chi connectivity index (χ0n) is 14.4. The number of nitrogens with zero attached hydrogens (tertiary/aromatic N) is 2. The Hall–Kier alpha value is -2.12. The summed E-state index contributed by atoms with van der Waals surface area (Å²) in [6, 6.07) is 8.00. The van der Waals surface area contributed by atoms with Crippen LogP contribution in [0.2, 0.25) is 0 Å². The molecule has 1 N–H and O–H groups in total. The predicted octanol–water partition coefficient (Wildman–Crippen LogP) is 3.29. The molecule has 0 saturated heterocycles. The third-order valence-electron chi connectivity index (χ3n) is 4.66. The first-order valence-corrected chi connectivity index (χ1v) is 10.6. The largest absolute Gasteiger partial charge is 0.348 e. The molecule has 0 saturated carbocycles. The molecule has 0 bridgehead atoms. The average Bonchev–Trinajstić information content (AvgIpc) is 3.06. The van der Waals surface area contributed by atoms with Crippen LogP contribution < -0.4 is 10.9 Å². The molecule has 7 heteroatoms. The van der Waals surface area contributed by atoms with Gasteiger partial charge in [-0.05, 0) is 49.6 Å². The minimum absolute atomic E-state index is 0.106. The van der Waals surface area contributed by atoms with Crippen molar-refractivity contribution in [1.29, 1.82) is 0 Å². The minimum atomic E-state index is -0.374. The van der Waals surface area contributed by atoms with E-state index >= 15 is 0 Å². The quantitative estimate of drug-likeness (QED) is 0.700. The molecule has 0 fully saturated rings. The molecule has 4 rings (SSSR count). The summed E-state index contributed by atoms with van der Waals surface area (Å²) in [5.74, 6) is -0.374. The second-order valence-corrected chi connectivity index (χ2v) is 8.25. The van der Waals surface area contributed by atoms with Crippen LogP contribution in [0.25, 0.3) is 4.96 Å². The van der Waals surface area contributed by atoms with Crippen LogP contribution in [-0.2, 0) is 19.4 Å². The Morgan fingerprint density at radius 3 is 2.81 bits per heavy atom. The maximum Gasteiger partial charge on any atom is 0.271 e. The number of thiazole rings is 1. The van der Waals surface area contributed by atoms with Crippen molar-refractivity contribution in [1.82, 2.24) is 14.7 Å². The number of amides is 1. The van der Waals surface area contributed by atoms with Crippen LogP contribution in [0.4, 0.5) is 0 Å². The maximum atomic E-state index is 12.9. The van der Waals surface area contributed by atoms with Crippen LogP contribution in [0, 0.1) is 0 Å². The summed E-state index contributed by atoms with van der Waals surface area (Å²) in [5, 5.41) is 2.83. The number of aromatic nitrogens is 2. The highest BCUT2D eigenvalue weighted by molar-refractivity contribution is 7.98. The molecule has 1 aliphatic carbocycles. The molecule has 2 heterocycles. The summed E-state index contributed by atoms with van der Waals surface area (Å²) in [7, 11) is 0. The number of nitrogens with one attached hydrogen (secondary N) is 1. The van der Waals surface area contributed by atoms with Crippen molar-refractivity contribution in [3.63, 3.8) is 0 Å². The molecule has 134 valence electrons. The lowest BCUT2D eigenvalue weighted by molar-refractivity contribution is 0.0949. The highest BCUT2D eigenvalue weighted by Gasteiger charge is 2.21.